The van der Waals surface area contributed by atoms with Crippen LogP contribution in [0.25, 0.3) is 0 Å². The van der Waals surface area contributed by atoms with E-state index >= 15 is 0 Å². The molecule has 1 aliphatic heterocycles. The molecule has 0 bridgehead atoms. The van der Waals surface area contributed by atoms with Crippen LogP contribution < -0.4 is 5.32 Å². The molecule has 2 aliphatic rings. The Kier molecular flexibility index (Phi) is 3.49. The van der Waals surface area contributed by atoms with E-state index in [-0.39, 0.29) is 17.4 Å². The smallest absolute Gasteiger partial charge is 0.410 e. The molecule has 5 nitrogen and oxygen atoms in total. The van der Waals surface area contributed by atoms with E-state index in [1.165, 1.54) is 0 Å². The van der Waals surface area contributed by atoms with E-state index in [2.05, 4.69) is 5.32 Å². The van der Waals surface area contributed by atoms with Crippen molar-refractivity contribution in [1.82, 2.24) is 10.2 Å². The molecule has 0 radical (unpaired) electrons. The van der Waals surface area contributed by atoms with Gasteiger partial charge in [0, 0.05) is 19.6 Å². The van der Waals surface area contributed by atoms with Crippen molar-refractivity contribution in [3.63, 3.8) is 0 Å². The minimum Gasteiger partial charge on any atom is -0.444 e. The summed E-state index contributed by atoms with van der Waals surface area (Å²) in [7, 11) is 0. The number of amides is 2. The average Bonchev–Trinajstić information content (AvgIpc) is 2.87. The molecule has 5 heteroatoms. The van der Waals surface area contributed by atoms with Gasteiger partial charge in [-0.05, 0) is 39.5 Å². The molecule has 2 atom stereocenters. The summed E-state index contributed by atoms with van der Waals surface area (Å²) in [6, 6.07) is 0. The van der Waals surface area contributed by atoms with Crippen LogP contribution in [0.4, 0.5) is 4.79 Å². The minimum atomic E-state index is -0.485. The zero-order valence-electron chi connectivity index (χ0n) is 12.3. The van der Waals surface area contributed by atoms with Crippen molar-refractivity contribution >= 4 is 12.0 Å². The van der Waals surface area contributed by atoms with Crippen LogP contribution in [-0.2, 0) is 9.53 Å². The number of nitrogens with zero attached hydrogens (tertiary/aromatic N) is 1. The monoisotopic (exact) mass is 268 g/mol. The van der Waals surface area contributed by atoms with Gasteiger partial charge in [-0.3, -0.25) is 4.79 Å². The molecular weight excluding hydrogens is 244 g/mol. The normalized spacial score (nSPS) is 28.8. The van der Waals surface area contributed by atoms with Gasteiger partial charge in [0.25, 0.3) is 0 Å². The Morgan fingerprint density at radius 1 is 1.42 bits per heavy atom. The number of rotatable bonds is 3. The van der Waals surface area contributed by atoms with Gasteiger partial charge < -0.3 is 15.0 Å². The predicted molar refractivity (Wildman–Crippen MR) is 71.6 cm³/mol. The molecule has 2 unspecified atom stereocenters. The summed E-state index contributed by atoms with van der Waals surface area (Å²) in [4.78, 5) is 25.8. The van der Waals surface area contributed by atoms with Gasteiger partial charge in [0.2, 0.25) is 5.91 Å². The number of carbonyl (C=O) groups excluding carboxylic acids is 2. The Morgan fingerprint density at radius 3 is 2.68 bits per heavy atom. The van der Waals surface area contributed by atoms with Crippen molar-refractivity contribution in [3.8, 4) is 0 Å². The van der Waals surface area contributed by atoms with Crippen LogP contribution in [0.2, 0.25) is 0 Å². The molecule has 1 N–H and O–H groups in total. The molecule has 1 saturated heterocycles. The van der Waals surface area contributed by atoms with E-state index in [4.69, 9.17) is 4.74 Å². The maximum absolute atomic E-state index is 12.1. The molecule has 0 aromatic heterocycles. The molecule has 1 saturated carbocycles. The van der Waals surface area contributed by atoms with Crippen LogP contribution in [0.1, 0.15) is 40.5 Å². The highest BCUT2D eigenvalue weighted by atomic mass is 16.6. The average molecular weight is 268 g/mol. The summed E-state index contributed by atoms with van der Waals surface area (Å²) in [5, 5.41) is 2.95. The van der Waals surface area contributed by atoms with Crippen molar-refractivity contribution in [1.29, 1.82) is 0 Å². The van der Waals surface area contributed by atoms with Crippen LogP contribution in [-0.4, -0.2) is 42.1 Å². The van der Waals surface area contributed by atoms with Gasteiger partial charge in [-0.15, -0.1) is 0 Å². The van der Waals surface area contributed by atoms with Crippen molar-refractivity contribution in [2.75, 3.05) is 19.6 Å². The first-order valence-electron chi connectivity index (χ1n) is 7.05. The van der Waals surface area contributed by atoms with Crippen molar-refractivity contribution in [2.24, 2.45) is 11.3 Å². The number of hydrogen-bond donors (Lipinski definition) is 1. The number of likely N-dealkylation sites (tertiary alicyclic amines) is 1. The Hall–Kier alpha value is -1.26. The highest BCUT2D eigenvalue weighted by molar-refractivity contribution is 5.88. The van der Waals surface area contributed by atoms with Crippen molar-refractivity contribution < 1.29 is 14.3 Å². The third kappa shape index (κ3) is 2.85. The Balaban J connectivity index is 1.90. The van der Waals surface area contributed by atoms with Gasteiger partial charge in [0.15, 0.2) is 0 Å². The van der Waals surface area contributed by atoms with Gasteiger partial charge >= 0.3 is 6.09 Å². The molecular formula is C14H24N2O3. The third-order valence-electron chi connectivity index (χ3n) is 3.79. The third-order valence-corrected chi connectivity index (χ3v) is 3.79. The molecule has 0 spiro atoms. The Labute approximate surface area is 114 Å². The summed E-state index contributed by atoms with van der Waals surface area (Å²) < 4.78 is 5.35. The standard InChI is InChI=1S/C14H24N2O3/c1-5-6-15-11(17)14-7-10(14)8-16(9-14)12(18)19-13(2,3)4/h10H,5-9H2,1-4H3,(H,15,17). The van der Waals surface area contributed by atoms with Gasteiger partial charge in [0.05, 0.1) is 5.41 Å². The van der Waals surface area contributed by atoms with E-state index in [1.807, 2.05) is 27.7 Å². The van der Waals surface area contributed by atoms with Crippen LogP contribution in [0.5, 0.6) is 0 Å². The fourth-order valence-corrected chi connectivity index (χ4v) is 2.71. The summed E-state index contributed by atoms with van der Waals surface area (Å²) in [6.07, 6.45) is 1.53. The van der Waals surface area contributed by atoms with Crippen molar-refractivity contribution in [3.05, 3.63) is 0 Å². The minimum absolute atomic E-state index is 0.102. The quantitative estimate of drug-likeness (QED) is 0.848. The largest absolute Gasteiger partial charge is 0.444 e. The second-order valence-electron chi connectivity index (χ2n) is 6.67. The second-order valence-corrected chi connectivity index (χ2v) is 6.67. The lowest BCUT2D eigenvalue weighted by atomic mass is 10.1. The topological polar surface area (TPSA) is 58.6 Å². The number of carbonyl (C=O) groups is 2. The van der Waals surface area contributed by atoms with E-state index in [9.17, 15) is 9.59 Å². The summed E-state index contributed by atoms with van der Waals surface area (Å²) in [5.41, 5.74) is -0.812. The number of fused-ring (bicyclic) bond motifs is 1. The first kappa shape index (κ1) is 14.2. The highest BCUT2D eigenvalue weighted by Crippen LogP contribution is 2.58. The SMILES string of the molecule is CCCNC(=O)C12CC1CN(C(=O)OC(C)(C)C)C2. The first-order valence-corrected chi connectivity index (χ1v) is 7.05. The summed E-state index contributed by atoms with van der Waals surface area (Å²) in [6.45, 7) is 9.45. The molecule has 0 aromatic carbocycles. The van der Waals surface area contributed by atoms with Gasteiger partial charge in [-0.1, -0.05) is 6.92 Å². The Morgan fingerprint density at radius 2 is 2.11 bits per heavy atom. The predicted octanol–water partition coefficient (Wildman–Crippen LogP) is 1.77. The maximum Gasteiger partial charge on any atom is 0.410 e. The lowest BCUT2D eigenvalue weighted by molar-refractivity contribution is -0.126. The van der Waals surface area contributed by atoms with Gasteiger partial charge in [-0.2, -0.15) is 0 Å². The Bertz CT molecular complexity index is 389. The van der Waals surface area contributed by atoms with Crippen molar-refractivity contribution in [2.45, 2.75) is 46.1 Å². The zero-order chi connectivity index (χ0) is 14.3. The summed E-state index contributed by atoms with van der Waals surface area (Å²) >= 11 is 0. The molecule has 19 heavy (non-hydrogen) atoms. The number of nitrogens with one attached hydrogen (secondary N) is 1. The summed E-state index contributed by atoms with van der Waals surface area (Å²) in [5.74, 6) is 0.419. The van der Waals surface area contributed by atoms with Crippen LogP contribution in [0.3, 0.4) is 0 Å². The van der Waals surface area contributed by atoms with Crippen LogP contribution in [0, 0.1) is 11.3 Å². The molecule has 1 aliphatic carbocycles. The van der Waals surface area contributed by atoms with Crippen LogP contribution in [0.15, 0.2) is 0 Å². The van der Waals surface area contributed by atoms with Crippen LogP contribution >= 0.6 is 0 Å². The van der Waals surface area contributed by atoms with Gasteiger partial charge in [-0.25, -0.2) is 4.79 Å². The molecule has 1 heterocycles. The van der Waals surface area contributed by atoms with Gasteiger partial charge in [0.1, 0.15) is 5.60 Å². The highest BCUT2D eigenvalue weighted by Gasteiger charge is 2.65. The lowest BCUT2D eigenvalue weighted by Crippen LogP contribution is -2.40. The number of piperidine rings is 1. The first-order chi connectivity index (χ1) is 8.78. The molecule has 2 rings (SSSR count). The molecule has 2 fully saturated rings. The van der Waals surface area contributed by atoms with E-state index in [1.54, 1.807) is 4.90 Å². The van der Waals surface area contributed by atoms with E-state index in [0.717, 1.165) is 12.8 Å². The number of ether oxygens (including phenoxy) is 1. The molecule has 2 amide bonds. The molecule has 0 aromatic rings. The lowest BCUT2D eigenvalue weighted by Gasteiger charge is -2.26. The fourth-order valence-electron chi connectivity index (χ4n) is 2.71. The zero-order valence-corrected chi connectivity index (χ0v) is 12.3. The maximum atomic E-state index is 12.1. The number of hydrogen-bond acceptors (Lipinski definition) is 3. The second kappa shape index (κ2) is 4.69. The molecule has 108 valence electrons. The fraction of sp³-hybridized carbons (Fsp3) is 0.857. The van der Waals surface area contributed by atoms with E-state index < -0.39 is 5.60 Å². The van der Waals surface area contributed by atoms with E-state index in [0.29, 0.717) is 25.6 Å².